The zero-order chi connectivity index (χ0) is 79.8. The van der Waals surface area contributed by atoms with Gasteiger partial charge in [-0.05, 0) is 224 Å². The van der Waals surface area contributed by atoms with Gasteiger partial charge in [-0.2, -0.15) is 0 Å². The monoisotopic (exact) mass is 1460 g/mol. The van der Waals surface area contributed by atoms with Gasteiger partial charge in [0.1, 0.15) is 0 Å². The van der Waals surface area contributed by atoms with Crippen LogP contribution < -0.4 is 9.80 Å². The summed E-state index contributed by atoms with van der Waals surface area (Å²) in [5.41, 5.74) is 28.5. The van der Waals surface area contributed by atoms with E-state index in [2.05, 4.69) is 418 Å². The van der Waals surface area contributed by atoms with Gasteiger partial charge in [0.25, 0.3) is 0 Å². The predicted octanol–water partition coefficient (Wildman–Crippen LogP) is 29.0. The maximum absolute atomic E-state index is 8.72. The van der Waals surface area contributed by atoms with Crippen LogP contribution in [0.4, 0.5) is 34.1 Å². The summed E-state index contributed by atoms with van der Waals surface area (Å²) in [6, 6.07) is 150. The molecule has 21 aromatic rings. The minimum absolute atomic E-state index is 0.174. The predicted molar refractivity (Wildman–Crippen MR) is 479 cm³/mol. The van der Waals surface area contributed by atoms with Crippen LogP contribution in [0.25, 0.3) is 127 Å². The third-order valence-electron chi connectivity index (χ3n) is 22.8. The molecule has 114 heavy (non-hydrogen) atoms. The Morgan fingerprint density at radius 1 is 0.202 bits per heavy atom. The Morgan fingerprint density at radius 3 is 0.982 bits per heavy atom. The van der Waals surface area contributed by atoms with Crippen LogP contribution in [-0.2, 0) is 5.41 Å². The average Bonchev–Trinajstić information content (AvgIpc) is 1.55. The number of para-hydroxylation sites is 7. The molecule has 536 valence electrons. The number of fused-ring (bicyclic) bond motifs is 12. The highest BCUT2D eigenvalue weighted by molar-refractivity contribution is 6.20. The van der Waals surface area contributed by atoms with E-state index >= 15 is 0 Å². The highest BCUT2D eigenvalue weighted by Crippen LogP contribution is 2.58. The summed E-state index contributed by atoms with van der Waals surface area (Å²) in [4.78, 5) is 4.55. The van der Waals surface area contributed by atoms with E-state index in [4.69, 9.17) is 6.85 Å². The molecule has 0 radical (unpaired) electrons. The smallest absolute Gasteiger partial charge is 0.0714 e. The Bertz CT molecular complexity index is 7320. The first-order valence-electron chi connectivity index (χ1n) is 41.3. The summed E-state index contributed by atoms with van der Waals surface area (Å²) in [5, 5.41) is 7.36. The van der Waals surface area contributed by atoms with Gasteiger partial charge < -0.3 is 23.5 Å². The molecule has 0 aliphatic heterocycles. The molecule has 3 heterocycles. The summed E-state index contributed by atoms with van der Waals surface area (Å²) >= 11 is 0. The fraction of sp³-hybridized carbons (Fsp3) is 0.00917. The lowest BCUT2D eigenvalue weighted by Gasteiger charge is -2.35. The van der Waals surface area contributed by atoms with Crippen molar-refractivity contribution in [3.8, 4) is 61.6 Å². The fourth-order valence-corrected chi connectivity index (χ4v) is 17.8. The van der Waals surface area contributed by atoms with Crippen LogP contribution in [0.3, 0.4) is 0 Å². The Labute approximate surface area is 669 Å². The second-order valence-electron chi connectivity index (χ2n) is 29.1. The fourth-order valence-electron chi connectivity index (χ4n) is 17.8. The summed E-state index contributed by atoms with van der Waals surface area (Å²) in [6.45, 7) is 0. The van der Waals surface area contributed by atoms with Gasteiger partial charge in [0.15, 0.2) is 0 Å². The SMILES string of the molecule is [2H]c1c([2H])c([2H])c(-c2ccc(N(c3ccc(-c4ccc5c(c4)c4ccccc4n5-c4ccccc4)cc3)c3ccc4c(c3)C(c3ccccc3)(c3ccccc3)c3ccccc3-4)cc2)c([2H])c1[2H].c1ccc(N(c2ccccc2)c2ccc(-c3ccc4c(c3)c3cc5c(cc3n4-c3ccccc3)c3ccccc3n5-c3ccccc3)cc2)cc1. The number of aromatic nitrogens is 3. The van der Waals surface area contributed by atoms with Gasteiger partial charge in [-0.3, -0.25) is 0 Å². The number of hydrogen-bond donors (Lipinski definition) is 0. The Hall–Kier alpha value is -15.0. The third-order valence-corrected chi connectivity index (χ3v) is 22.8. The zero-order valence-corrected chi connectivity index (χ0v) is 62.2. The van der Waals surface area contributed by atoms with E-state index in [9.17, 15) is 0 Å². The van der Waals surface area contributed by atoms with Crippen molar-refractivity contribution in [2.24, 2.45) is 0 Å². The quantitative estimate of drug-likeness (QED) is 0.108. The van der Waals surface area contributed by atoms with E-state index in [1.54, 1.807) is 0 Å². The minimum Gasteiger partial charge on any atom is -0.311 e. The lowest BCUT2D eigenvalue weighted by Crippen LogP contribution is -2.28. The summed E-state index contributed by atoms with van der Waals surface area (Å²) in [6.07, 6.45) is 0. The van der Waals surface area contributed by atoms with Crippen LogP contribution in [0.5, 0.6) is 0 Å². The lowest BCUT2D eigenvalue weighted by molar-refractivity contribution is 0.768. The molecule has 0 amide bonds. The molecule has 0 unspecified atom stereocenters. The molecule has 18 aromatic carbocycles. The Kier molecular flexibility index (Phi) is 15.4. The normalized spacial score (nSPS) is 12.7. The van der Waals surface area contributed by atoms with E-state index in [1.807, 2.05) is 30.3 Å². The zero-order valence-electron chi connectivity index (χ0n) is 67.2. The van der Waals surface area contributed by atoms with Crippen molar-refractivity contribution in [3.63, 3.8) is 0 Å². The number of nitrogens with zero attached hydrogens (tertiary/aromatic N) is 5. The molecule has 1 aliphatic carbocycles. The number of rotatable bonds is 14. The van der Waals surface area contributed by atoms with E-state index in [0.29, 0.717) is 5.56 Å². The van der Waals surface area contributed by atoms with Crippen molar-refractivity contribution in [1.29, 1.82) is 0 Å². The van der Waals surface area contributed by atoms with Crippen molar-refractivity contribution in [1.82, 2.24) is 13.7 Å². The summed E-state index contributed by atoms with van der Waals surface area (Å²) in [5.74, 6) is 0. The molecule has 0 spiro atoms. The molecule has 3 aromatic heterocycles. The largest absolute Gasteiger partial charge is 0.311 e. The van der Waals surface area contributed by atoms with Gasteiger partial charge in [0.05, 0.1) is 45.4 Å². The second kappa shape index (κ2) is 28.4. The van der Waals surface area contributed by atoms with E-state index < -0.39 is 11.5 Å². The molecular weight excluding hydrogens is 1380 g/mol. The molecule has 1 aliphatic rings. The topological polar surface area (TPSA) is 21.3 Å². The highest BCUT2D eigenvalue weighted by Gasteiger charge is 2.46. The average molecular weight is 1460 g/mol. The van der Waals surface area contributed by atoms with Crippen molar-refractivity contribution in [3.05, 3.63) is 477 Å². The van der Waals surface area contributed by atoms with Gasteiger partial charge in [-0.25, -0.2) is 0 Å². The first-order valence-corrected chi connectivity index (χ1v) is 38.8. The first-order chi connectivity index (χ1) is 58.6. The number of hydrogen-bond acceptors (Lipinski definition) is 2. The standard InChI is InChI=1S/C61H42N2.C48H33N3/c1-5-17-43(18-6-1)44-29-34-50(35-30-44)62(51-36-31-45(32-37-51)46-33-40-60-56(41-46)55-26-14-16-28-59(55)63(60)49-23-11-4-12-24-49)52-38-39-54-53-25-13-15-27-57(53)61(58(54)42-52,47-19-7-2-8-20-47)48-21-9-3-10-22-48;1-5-15-36(16-6-1)49(37-17-7-2-8-18-37)40-28-25-34(26-29-40)35-27-30-46-42(31-35)44-33-47-43(32-48(44)51(46)39-21-11-4-12-22-39)41-23-13-14-24-45(41)50(47)38-19-9-3-10-20-38/h1-42H;1-33H/i1D,5D,6D,17D,18D;. The van der Waals surface area contributed by atoms with Crippen LogP contribution in [0, 0.1) is 0 Å². The third kappa shape index (κ3) is 11.5. The Balaban J connectivity index is 0.000000154. The van der Waals surface area contributed by atoms with Gasteiger partial charge >= 0.3 is 0 Å². The van der Waals surface area contributed by atoms with Gasteiger partial charge in [0.2, 0.25) is 0 Å². The lowest BCUT2D eigenvalue weighted by atomic mass is 9.67. The Morgan fingerprint density at radius 2 is 0.518 bits per heavy atom. The van der Waals surface area contributed by atoms with Crippen LogP contribution in [0.2, 0.25) is 0 Å². The molecule has 22 rings (SSSR count). The number of anilines is 6. The molecule has 5 heteroatoms. The van der Waals surface area contributed by atoms with E-state index in [-0.39, 0.29) is 29.7 Å². The van der Waals surface area contributed by atoms with Gasteiger partial charge in [-0.15, -0.1) is 0 Å². The van der Waals surface area contributed by atoms with Crippen molar-refractivity contribution in [2.75, 3.05) is 9.80 Å². The van der Waals surface area contributed by atoms with Crippen molar-refractivity contribution < 1.29 is 6.85 Å². The van der Waals surface area contributed by atoms with Crippen LogP contribution >= 0.6 is 0 Å². The maximum Gasteiger partial charge on any atom is 0.0714 e. The second-order valence-corrected chi connectivity index (χ2v) is 29.1. The van der Waals surface area contributed by atoms with E-state index in [0.717, 1.165) is 73.3 Å². The van der Waals surface area contributed by atoms with Crippen LogP contribution in [0.15, 0.2) is 455 Å². The minimum atomic E-state index is -0.604. The summed E-state index contributed by atoms with van der Waals surface area (Å²) < 4.78 is 49.5. The first kappa shape index (κ1) is 61.8. The molecule has 5 nitrogen and oxygen atoms in total. The van der Waals surface area contributed by atoms with Crippen LogP contribution in [-0.4, -0.2) is 13.7 Å². The van der Waals surface area contributed by atoms with Crippen molar-refractivity contribution in [2.45, 2.75) is 5.41 Å². The summed E-state index contributed by atoms with van der Waals surface area (Å²) in [7, 11) is 0. The van der Waals surface area contributed by atoms with Crippen LogP contribution in [0.1, 0.15) is 29.1 Å². The molecule has 0 saturated heterocycles. The molecule has 0 saturated carbocycles. The van der Waals surface area contributed by atoms with Gasteiger partial charge in [-0.1, -0.05) is 297 Å². The highest BCUT2D eigenvalue weighted by atomic mass is 15.1. The molecule has 0 atom stereocenters. The van der Waals surface area contributed by atoms with Gasteiger partial charge in [0, 0.05) is 83.5 Å². The maximum atomic E-state index is 8.72. The van der Waals surface area contributed by atoms with Crippen molar-refractivity contribution >= 4 is 99.5 Å². The van der Waals surface area contributed by atoms with E-state index in [1.165, 1.54) is 98.9 Å². The molecule has 0 N–H and O–H groups in total. The number of benzene rings is 18. The molecular formula is C109H75N5. The molecule has 0 fully saturated rings. The molecule has 0 bridgehead atoms.